The monoisotopic (exact) mass is 326 g/mol. The first kappa shape index (κ1) is 15.6. The van der Waals surface area contributed by atoms with Crippen LogP contribution in [0.4, 0.5) is 5.82 Å². The highest BCUT2D eigenvalue weighted by Gasteiger charge is 2.29. The highest BCUT2D eigenvalue weighted by Crippen LogP contribution is 2.35. The second kappa shape index (κ2) is 6.89. The first-order chi connectivity index (χ1) is 11.8. The van der Waals surface area contributed by atoms with Crippen LogP contribution in [0.15, 0.2) is 30.9 Å². The van der Waals surface area contributed by atoms with E-state index in [1.807, 2.05) is 23.1 Å². The fourth-order valence-corrected chi connectivity index (χ4v) is 3.86. The third kappa shape index (κ3) is 3.43. The summed E-state index contributed by atoms with van der Waals surface area (Å²) < 4.78 is 2.03. The van der Waals surface area contributed by atoms with E-state index in [9.17, 15) is 0 Å². The largest absolute Gasteiger partial charge is 0.356 e. The Morgan fingerprint density at radius 2 is 2.00 bits per heavy atom. The second-order valence-electron chi connectivity index (χ2n) is 7.22. The van der Waals surface area contributed by atoms with Gasteiger partial charge in [0.25, 0.3) is 0 Å². The van der Waals surface area contributed by atoms with Crippen LogP contribution >= 0.6 is 0 Å². The number of hydrogen-bond donors (Lipinski definition) is 1. The number of anilines is 1. The van der Waals surface area contributed by atoms with Crippen LogP contribution in [0.25, 0.3) is 0 Å². The molecule has 0 spiro atoms. The molecule has 0 unspecified atom stereocenters. The van der Waals surface area contributed by atoms with Crippen LogP contribution in [-0.2, 0) is 6.54 Å². The Labute approximate surface area is 143 Å². The van der Waals surface area contributed by atoms with Gasteiger partial charge < -0.3 is 10.6 Å². The minimum atomic E-state index is 0.360. The summed E-state index contributed by atoms with van der Waals surface area (Å²) in [6, 6.07) is 4.53. The summed E-state index contributed by atoms with van der Waals surface area (Å²) in [7, 11) is 0. The Hall–Kier alpha value is -1.95. The fraction of sp³-hybridized carbons (Fsp3) is 0.611. The van der Waals surface area contributed by atoms with Gasteiger partial charge in [-0.05, 0) is 44.1 Å². The van der Waals surface area contributed by atoms with E-state index in [0.717, 1.165) is 44.2 Å². The van der Waals surface area contributed by atoms with Gasteiger partial charge >= 0.3 is 0 Å². The third-order valence-electron chi connectivity index (χ3n) is 5.53. The number of rotatable bonds is 5. The zero-order valence-electron chi connectivity index (χ0n) is 14.1. The standard InChI is InChI=1S/C18H26N6/c19-16-10-15(11-16)17-12-18(21-13-20-17)23-7-2-14(3-8-23)4-9-24-6-1-5-22-24/h1,5-6,12-16H,2-4,7-11,19H2. The van der Waals surface area contributed by atoms with Gasteiger partial charge in [-0.25, -0.2) is 9.97 Å². The molecular formula is C18H26N6. The van der Waals surface area contributed by atoms with Crippen LogP contribution in [0.5, 0.6) is 0 Å². The van der Waals surface area contributed by atoms with Gasteiger partial charge in [0.05, 0.1) is 0 Å². The molecule has 0 bridgehead atoms. The smallest absolute Gasteiger partial charge is 0.132 e. The van der Waals surface area contributed by atoms with Crippen LogP contribution in [0, 0.1) is 5.92 Å². The molecule has 0 aromatic carbocycles. The van der Waals surface area contributed by atoms with Crippen molar-refractivity contribution < 1.29 is 0 Å². The molecule has 1 aliphatic heterocycles. The molecule has 4 rings (SSSR count). The molecule has 6 heteroatoms. The van der Waals surface area contributed by atoms with Crippen molar-refractivity contribution in [2.24, 2.45) is 11.7 Å². The van der Waals surface area contributed by atoms with E-state index in [2.05, 4.69) is 26.0 Å². The van der Waals surface area contributed by atoms with Gasteiger partial charge in [-0.15, -0.1) is 0 Å². The molecule has 1 aliphatic carbocycles. The molecule has 6 nitrogen and oxygen atoms in total. The maximum Gasteiger partial charge on any atom is 0.132 e. The van der Waals surface area contributed by atoms with Gasteiger partial charge in [-0.2, -0.15) is 5.10 Å². The van der Waals surface area contributed by atoms with Gasteiger partial charge in [0.15, 0.2) is 0 Å². The number of nitrogens with zero attached hydrogens (tertiary/aromatic N) is 5. The van der Waals surface area contributed by atoms with Gasteiger partial charge in [-0.3, -0.25) is 4.68 Å². The first-order valence-corrected chi connectivity index (χ1v) is 9.08. The number of aryl methyl sites for hydroxylation is 1. The van der Waals surface area contributed by atoms with E-state index in [1.54, 1.807) is 6.33 Å². The van der Waals surface area contributed by atoms with Crippen LogP contribution in [0.3, 0.4) is 0 Å². The highest BCUT2D eigenvalue weighted by atomic mass is 15.3. The molecule has 0 amide bonds. The summed E-state index contributed by atoms with van der Waals surface area (Å²) in [5.74, 6) is 2.41. The van der Waals surface area contributed by atoms with Gasteiger partial charge in [0.2, 0.25) is 0 Å². The second-order valence-corrected chi connectivity index (χ2v) is 7.22. The lowest BCUT2D eigenvalue weighted by atomic mass is 9.78. The first-order valence-electron chi connectivity index (χ1n) is 9.08. The zero-order chi connectivity index (χ0) is 16.4. The molecule has 2 aromatic heterocycles. The maximum atomic E-state index is 5.91. The number of nitrogens with two attached hydrogens (primary N) is 1. The maximum absolute atomic E-state index is 5.91. The molecular weight excluding hydrogens is 300 g/mol. The predicted octanol–water partition coefficient (Wildman–Crippen LogP) is 2.18. The number of aromatic nitrogens is 4. The summed E-state index contributed by atoms with van der Waals surface area (Å²) in [6.45, 7) is 3.20. The van der Waals surface area contributed by atoms with Crippen molar-refractivity contribution in [3.05, 3.63) is 36.5 Å². The van der Waals surface area contributed by atoms with E-state index in [4.69, 9.17) is 5.73 Å². The quantitative estimate of drug-likeness (QED) is 0.912. The topological polar surface area (TPSA) is 72.9 Å². The summed E-state index contributed by atoms with van der Waals surface area (Å²) in [5, 5.41) is 4.29. The molecule has 2 aromatic rings. The highest BCUT2D eigenvalue weighted by molar-refractivity contribution is 5.40. The fourth-order valence-electron chi connectivity index (χ4n) is 3.86. The Bertz CT molecular complexity index is 641. The van der Waals surface area contributed by atoms with Crippen molar-refractivity contribution in [1.29, 1.82) is 0 Å². The van der Waals surface area contributed by atoms with Crippen molar-refractivity contribution in [3.8, 4) is 0 Å². The molecule has 128 valence electrons. The van der Waals surface area contributed by atoms with Crippen LogP contribution in [-0.4, -0.2) is 38.9 Å². The minimum Gasteiger partial charge on any atom is -0.356 e. The van der Waals surface area contributed by atoms with Gasteiger partial charge in [0, 0.05) is 55.7 Å². The predicted molar refractivity (Wildman–Crippen MR) is 93.8 cm³/mol. The third-order valence-corrected chi connectivity index (χ3v) is 5.53. The molecule has 0 radical (unpaired) electrons. The summed E-state index contributed by atoms with van der Waals surface area (Å²) in [4.78, 5) is 11.4. The molecule has 2 aliphatic rings. The molecule has 3 heterocycles. The minimum absolute atomic E-state index is 0.360. The number of hydrogen-bond acceptors (Lipinski definition) is 5. The van der Waals surface area contributed by atoms with Crippen molar-refractivity contribution in [2.45, 2.75) is 50.6 Å². The van der Waals surface area contributed by atoms with Crippen LogP contribution in [0.2, 0.25) is 0 Å². The van der Waals surface area contributed by atoms with E-state index in [1.165, 1.54) is 25.0 Å². The Balaban J connectivity index is 1.30. The van der Waals surface area contributed by atoms with Gasteiger partial charge in [-0.1, -0.05) is 0 Å². The van der Waals surface area contributed by atoms with Crippen molar-refractivity contribution in [3.63, 3.8) is 0 Å². The average Bonchev–Trinajstić information content (AvgIpc) is 3.11. The molecule has 2 fully saturated rings. The van der Waals surface area contributed by atoms with Crippen molar-refractivity contribution >= 4 is 5.82 Å². The number of piperidine rings is 1. The van der Waals surface area contributed by atoms with E-state index in [-0.39, 0.29) is 0 Å². The normalized spacial score (nSPS) is 24.8. The lowest BCUT2D eigenvalue weighted by Crippen LogP contribution is -2.36. The Kier molecular flexibility index (Phi) is 4.47. The molecule has 0 atom stereocenters. The Morgan fingerprint density at radius 1 is 1.17 bits per heavy atom. The molecule has 1 saturated carbocycles. The van der Waals surface area contributed by atoms with E-state index >= 15 is 0 Å². The molecule has 1 saturated heterocycles. The summed E-state index contributed by atoms with van der Waals surface area (Å²) >= 11 is 0. The lowest BCUT2D eigenvalue weighted by Gasteiger charge is -2.34. The van der Waals surface area contributed by atoms with E-state index in [0.29, 0.717) is 12.0 Å². The molecule has 24 heavy (non-hydrogen) atoms. The van der Waals surface area contributed by atoms with Crippen molar-refractivity contribution in [1.82, 2.24) is 19.7 Å². The summed E-state index contributed by atoms with van der Waals surface area (Å²) in [6.07, 6.45) is 11.4. The Morgan fingerprint density at radius 3 is 2.71 bits per heavy atom. The van der Waals surface area contributed by atoms with Crippen molar-refractivity contribution in [2.75, 3.05) is 18.0 Å². The average molecular weight is 326 g/mol. The molecule has 2 N–H and O–H groups in total. The zero-order valence-corrected chi connectivity index (χ0v) is 14.1. The lowest BCUT2D eigenvalue weighted by molar-refractivity contribution is 0.343. The summed E-state index contributed by atoms with van der Waals surface area (Å²) in [5.41, 5.74) is 7.07. The van der Waals surface area contributed by atoms with Crippen LogP contribution in [0.1, 0.15) is 43.7 Å². The SMILES string of the molecule is NC1CC(c2cc(N3CCC(CCn4cccn4)CC3)ncn2)C1. The van der Waals surface area contributed by atoms with E-state index < -0.39 is 0 Å². The van der Waals surface area contributed by atoms with Gasteiger partial charge in [0.1, 0.15) is 12.1 Å². The van der Waals surface area contributed by atoms with Crippen LogP contribution < -0.4 is 10.6 Å².